The van der Waals surface area contributed by atoms with Crippen molar-refractivity contribution in [3.8, 4) is 5.69 Å². The summed E-state index contributed by atoms with van der Waals surface area (Å²) in [5, 5.41) is 8.13. The summed E-state index contributed by atoms with van der Waals surface area (Å²) in [6, 6.07) is 17.7. The second kappa shape index (κ2) is 8.19. The molecule has 1 N–H and O–H groups in total. The van der Waals surface area contributed by atoms with Gasteiger partial charge in [-0.05, 0) is 61.7 Å². The standard InChI is InChI=1S/C21H22ClN3O/c1-15-13-16(2)25(24-15)20-10-5-17(6-11-20)7-12-21(26)23-14-18-3-8-19(22)9-4-18/h3-6,8-11,13H,7,12,14H2,1-2H3,(H,23,26). The lowest BCUT2D eigenvalue weighted by Crippen LogP contribution is -2.22. The average molecular weight is 368 g/mol. The monoisotopic (exact) mass is 367 g/mol. The first-order valence-corrected chi connectivity index (χ1v) is 9.03. The van der Waals surface area contributed by atoms with E-state index in [-0.39, 0.29) is 5.91 Å². The average Bonchev–Trinajstić information content (AvgIpc) is 2.98. The third-order valence-electron chi connectivity index (χ3n) is 4.23. The van der Waals surface area contributed by atoms with Crippen LogP contribution in [-0.4, -0.2) is 15.7 Å². The molecule has 0 aliphatic rings. The van der Waals surface area contributed by atoms with E-state index in [0.717, 1.165) is 28.2 Å². The number of benzene rings is 2. The Kier molecular flexibility index (Phi) is 5.74. The Bertz CT molecular complexity index is 883. The van der Waals surface area contributed by atoms with E-state index in [9.17, 15) is 4.79 Å². The number of carbonyl (C=O) groups excluding carboxylic acids is 1. The fraction of sp³-hybridized carbons (Fsp3) is 0.238. The van der Waals surface area contributed by atoms with Gasteiger partial charge in [-0.3, -0.25) is 4.79 Å². The smallest absolute Gasteiger partial charge is 0.220 e. The molecule has 134 valence electrons. The quantitative estimate of drug-likeness (QED) is 0.702. The van der Waals surface area contributed by atoms with Crippen LogP contribution in [0.4, 0.5) is 0 Å². The van der Waals surface area contributed by atoms with Crippen molar-refractivity contribution in [2.75, 3.05) is 0 Å². The van der Waals surface area contributed by atoms with Crippen LogP contribution in [0.2, 0.25) is 5.02 Å². The van der Waals surface area contributed by atoms with Crippen LogP contribution >= 0.6 is 11.6 Å². The summed E-state index contributed by atoms with van der Waals surface area (Å²) >= 11 is 5.86. The number of nitrogens with zero attached hydrogens (tertiary/aromatic N) is 2. The van der Waals surface area contributed by atoms with Gasteiger partial charge in [-0.25, -0.2) is 4.68 Å². The Labute approximate surface area is 158 Å². The van der Waals surface area contributed by atoms with Gasteiger partial charge in [0, 0.05) is 23.7 Å². The molecule has 1 heterocycles. The van der Waals surface area contributed by atoms with E-state index in [4.69, 9.17) is 11.6 Å². The van der Waals surface area contributed by atoms with Gasteiger partial charge in [0.05, 0.1) is 11.4 Å². The van der Waals surface area contributed by atoms with Crippen LogP contribution in [0.25, 0.3) is 5.69 Å². The molecule has 4 nitrogen and oxygen atoms in total. The van der Waals surface area contributed by atoms with Gasteiger partial charge in [-0.15, -0.1) is 0 Å². The Morgan fingerprint density at radius 3 is 2.31 bits per heavy atom. The molecule has 0 aliphatic heterocycles. The molecule has 0 bridgehead atoms. The molecule has 2 aromatic carbocycles. The minimum absolute atomic E-state index is 0.0440. The summed E-state index contributed by atoms with van der Waals surface area (Å²) in [6.45, 7) is 4.55. The first-order valence-electron chi connectivity index (χ1n) is 8.65. The fourth-order valence-electron chi connectivity index (χ4n) is 2.84. The molecule has 0 fully saturated rings. The predicted octanol–water partition coefficient (Wildman–Crippen LogP) is 4.39. The zero-order valence-electron chi connectivity index (χ0n) is 15.0. The van der Waals surface area contributed by atoms with Crippen LogP contribution in [0.15, 0.2) is 54.6 Å². The van der Waals surface area contributed by atoms with Crippen LogP contribution in [0, 0.1) is 13.8 Å². The van der Waals surface area contributed by atoms with Gasteiger partial charge in [0.1, 0.15) is 0 Å². The van der Waals surface area contributed by atoms with Gasteiger partial charge in [0.25, 0.3) is 0 Å². The van der Waals surface area contributed by atoms with Crippen molar-refractivity contribution in [1.29, 1.82) is 0 Å². The number of amides is 1. The van der Waals surface area contributed by atoms with Gasteiger partial charge in [-0.1, -0.05) is 35.9 Å². The Morgan fingerprint density at radius 1 is 1.04 bits per heavy atom. The summed E-state index contributed by atoms with van der Waals surface area (Å²) in [4.78, 5) is 12.0. The molecule has 0 radical (unpaired) electrons. The molecule has 0 saturated carbocycles. The largest absolute Gasteiger partial charge is 0.352 e. The molecular weight excluding hydrogens is 346 g/mol. The Hall–Kier alpha value is -2.59. The number of aromatic nitrogens is 2. The number of hydrogen-bond donors (Lipinski definition) is 1. The molecular formula is C21H22ClN3O. The zero-order valence-corrected chi connectivity index (χ0v) is 15.8. The normalized spacial score (nSPS) is 10.7. The van der Waals surface area contributed by atoms with Crippen LogP contribution in [0.5, 0.6) is 0 Å². The van der Waals surface area contributed by atoms with Gasteiger partial charge < -0.3 is 5.32 Å². The minimum Gasteiger partial charge on any atom is -0.352 e. The van der Waals surface area contributed by atoms with Crippen LogP contribution in [0.3, 0.4) is 0 Å². The van der Waals surface area contributed by atoms with Crippen molar-refractivity contribution in [3.63, 3.8) is 0 Å². The number of aryl methyl sites for hydroxylation is 3. The molecule has 0 saturated heterocycles. The third kappa shape index (κ3) is 4.73. The molecule has 3 rings (SSSR count). The number of carbonyl (C=O) groups is 1. The minimum atomic E-state index is 0.0440. The van der Waals surface area contributed by atoms with Crippen molar-refractivity contribution < 1.29 is 4.79 Å². The molecule has 0 unspecified atom stereocenters. The summed E-state index contributed by atoms with van der Waals surface area (Å²) in [5.74, 6) is 0.0440. The van der Waals surface area contributed by atoms with Crippen molar-refractivity contribution >= 4 is 17.5 Å². The van der Waals surface area contributed by atoms with E-state index in [1.54, 1.807) is 0 Å². The number of halogens is 1. The maximum absolute atomic E-state index is 12.0. The lowest BCUT2D eigenvalue weighted by Gasteiger charge is -2.07. The van der Waals surface area contributed by atoms with E-state index in [1.165, 1.54) is 0 Å². The van der Waals surface area contributed by atoms with Gasteiger partial charge >= 0.3 is 0 Å². The second-order valence-corrected chi connectivity index (χ2v) is 6.84. The lowest BCUT2D eigenvalue weighted by atomic mass is 10.1. The first-order chi connectivity index (χ1) is 12.5. The maximum Gasteiger partial charge on any atom is 0.220 e. The van der Waals surface area contributed by atoms with E-state index in [2.05, 4.69) is 28.6 Å². The third-order valence-corrected chi connectivity index (χ3v) is 4.49. The summed E-state index contributed by atoms with van der Waals surface area (Å²) in [6.07, 6.45) is 1.18. The molecule has 0 atom stereocenters. The summed E-state index contributed by atoms with van der Waals surface area (Å²) in [5.41, 5.74) is 5.32. The Balaban J connectivity index is 1.50. The number of hydrogen-bond acceptors (Lipinski definition) is 2. The van der Waals surface area contributed by atoms with Gasteiger partial charge in [0.15, 0.2) is 0 Å². The molecule has 0 aliphatic carbocycles. The number of rotatable bonds is 6. The van der Waals surface area contributed by atoms with Gasteiger partial charge in [-0.2, -0.15) is 5.10 Å². The van der Waals surface area contributed by atoms with Crippen molar-refractivity contribution in [1.82, 2.24) is 15.1 Å². The molecule has 3 aromatic rings. The predicted molar refractivity (Wildman–Crippen MR) is 105 cm³/mol. The molecule has 26 heavy (non-hydrogen) atoms. The molecule has 5 heteroatoms. The van der Waals surface area contributed by atoms with E-state index in [0.29, 0.717) is 24.4 Å². The lowest BCUT2D eigenvalue weighted by molar-refractivity contribution is -0.121. The SMILES string of the molecule is Cc1cc(C)n(-c2ccc(CCC(=O)NCc3ccc(Cl)cc3)cc2)n1. The highest BCUT2D eigenvalue weighted by Gasteiger charge is 2.05. The zero-order chi connectivity index (χ0) is 18.5. The van der Waals surface area contributed by atoms with Crippen LogP contribution in [0.1, 0.15) is 28.9 Å². The summed E-state index contributed by atoms with van der Waals surface area (Å²) < 4.78 is 1.93. The fourth-order valence-corrected chi connectivity index (χ4v) is 2.97. The van der Waals surface area contributed by atoms with Gasteiger partial charge in [0.2, 0.25) is 5.91 Å². The molecule has 1 aromatic heterocycles. The highest BCUT2D eigenvalue weighted by atomic mass is 35.5. The summed E-state index contributed by atoms with van der Waals surface area (Å²) in [7, 11) is 0. The maximum atomic E-state index is 12.0. The highest BCUT2D eigenvalue weighted by Crippen LogP contribution is 2.14. The second-order valence-electron chi connectivity index (χ2n) is 6.41. The van der Waals surface area contributed by atoms with Crippen LogP contribution in [-0.2, 0) is 17.8 Å². The highest BCUT2D eigenvalue weighted by molar-refractivity contribution is 6.30. The Morgan fingerprint density at radius 2 is 1.69 bits per heavy atom. The van der Waals surface area contributed by atoms with E-state index >= 15 is 0 Å². The topological polar surface area (TPSA) is 46.9 Å². The first kappa shape index (κ1) is 18.2. The van der Waals surface area contributed by atoms with E-state index in [1.807, 2.05) is 54.9 Å². The number of nitrogens with one attached hydrogen (secondary N) is 1. The van der Waals surface area contributed by atoms with E-state index < -0.39 is 0 Å². The van der Waals surface area contributed by atoms with Crippen molar-refractivity contribution in [2.24, 2.45) is 0 Å². The molecule has 0 spiro atoms. The molecule has 1 amide bonds. The van der Waals surface area contributed by atoms with Crippen molar-refractivity contribution in [3.05, 3.63) is 82.1 Å². The van der Waals surface area contributed by atoms with Crippen LogP contribution < -0.4 is 5.32 Å². The van der Waals surface area contributed by atoms with Crippen molar-refractivity contribution in [2.45, 2.75) is 33.2 Å².